The predicted octanol–water partition coefficient (Wildman–Crippen LogP) is 3.74. The molecule has 0 aliphatic carbocycles. The highest BCUT2D eigenvalue weighted by molar-refractivity contribution is 6.00. The van der Waals surface area contributed by atoms with E-state index < -0.39 is 5.60 Å². The number of nitrogens with zero attached hydrogens (tertiary/aromatic N) is 1. The van der Waals surface area contributed by atoms with Gasteiger partial charge in [-0.1, -0.05) is 12.1 Å². The lowest BCUT2D eigenvalue weighted by molar-refractivity contribution is -0.129. The van der Waals surface area contributed by atoms with E-state index in [4.69, 9.17) is 14.2 Å². The van der Waals surface area contributed by atoms with Gasteiger partial charge >= 0.3 is 0 Å². The third kappa shape index (κ3) is 4.03. The van der Waals surface area contributed by atoms with Crippen LogP contribution in [0.4, 0.5) is 0 Å². The normalized spacial score (nSPS) is 17.5. The van der Waals surface area contributed by atoms with Crippen molar-refractivity contribution in [3.05, 3.63) is 59.7 Å². The van der Waals surface area contributed by atoms with Gasteiger partial charge in [0.1, 0.15) is 22.8 Å². The topological polar surface area (TPSA) is 65.1 Å². The molecule has 156 valence electrons. The van der Waals surface area contributed by atoms with Gasteiger partial charge in [-0.15, -0.1) is 0 Å². The molecule has 2 aliphatic rings. The summed E-state index contributed by atoms with van der Waals surface area (Å²) >= 11 is 0. The Labute approximate surface area is 176 Å². The molecule has 1 spiro atoms. The van der Waals surface area contributed by atoms with Gasteiger partial charge in [-0.3, -0.25) is 9.59 Å². The van der Waals surface area contributed by atoms with E-state index in [2.05, 4.69) is 0 Å². The molecule has 6 nitrogen and oxygen atoms in total. The first-order valence-electron chi connectivity index (χ1n) is 10.0. The van der Waals surface area contributed by atoms with Gasteiger partial charge < -0.3 is 19.1 Å². The number of ketones is 1. The Balaban J connectivity index is 1.38. The molecule has 2 aromatic rings. The number of ether oxygens (including phenoxy) is 3. The minimum absolute atomic E-state index is 0.0343. The zero-order chi connectivity index (χ0) is 21.1. The van der Waals surface area contributed by atoms with Crippen LogP contribution in [0.2, 0.25) is 0 Å². The van der Waals surface area contributed by atoms with Crippen molar-refractivity contribution in [3.63, 3.8) is 0 Å². The lowest BCUT2D eigenvalue weighted by Gasteiger charge is -2.43. The van der Waals surface area contributed by atoms with Crippen molar-refractivity contribution in [1.82, 2.24) is 4.90 Å². The number of carbonyl (C=O) groups excluding carboxylic acids is 2. The molecule has 6 heteroatoms. The second-order valence-corrected chi connectivity index (χ2v) is 7.68. The number of benzene rings is 2. The zero-order valence-corrected chi connectivity index (χ0v) is 17.2. The SMILES string of the molecule is COc1ccc(/C=C/C(=O)N2CCC3(CC2)CC(=O)c2cc(OC)ccc2O3)cc1. The lowest BCUT2D eigenvalue weighted by Crippen LogP contribution is -2.52. The number of rotatable bonds is 4. The maximum Gasteiger partial charge on any atom is 0.246 e. The highest BCUT2D eigenvalue weighted by Crippen LogP contribution is 2.40. The van der Waals surface area contributed by atoms with Crippen molar-refractivity contribution >= 4 is 17.8 Å². The van der Waals surface area contributed by atoms with E-state index in [1.165, 1.54) is 0 Å². The van der Waals surface area contributed by atoms with Crippen LogP contribution >= 0.6 is 0 Å². The number of amides is 1. The van der Waals surface area contributed by atoms with Crippen LogP contribution in [0.3, 0.4) is 0 Å². The molecular formula is C24H25NO5. The summed E-state index contributed by atoms with van der Waals surface area (Å²) in [6, 6.07) is 12.9. The van der Waals surface area contributed by atoms with Crippen LogP contribution in [0.5, 0.6) is 17.2 Å². The maximum absolute atomic E-state index is 12.7. The molecule has 1 fully saturated rings. The Bertz CT molecular complexity index is 972. The summed E-state index contributed by atoms with van der Waals surface area (Å²) < 4.78 is 16.6. The fraction of sp³-hybridized carbons (Fsp3) is 0.333. The summed E-state index contributed by atoms with van der Waals surface area (Å²) in [5.41, 5.74) is 0.974. The number of hydrogen-bond donors (Lipinski definition) is 0. The van der Waals surface area contributed by atoms with Gasteiger partial charge in [-0.2, -0.15) is 0 Å². The van der Waals surface area contributed by atoms with E-state index in [-0.39, 0.29) is 11.7 Å². The molecule has 30 heavy (non-hydrogen) atoms. The molecule has 0 bridgehead atoms. The summed E-state index contributed by atoms with van der Waals surface area (Å²) in [6.45, 7) is 1.12. The van der Waals surface area contributed by atoms with Gasteiger partial charge in [0.05, 0.1) is 26.2 Å². The van der Waals surface area contributed by atoms with Gasteiger partial charge in [-0.05, 0) is 42.0 Å². The highest BCUT2D eigenvalue weighted by atomic mass is 16.5. The molecule has 0 saturated carbocycles. The maximum atomic E-state index is 12.7. The average molecular weight is 407 g/mol. The molecular weight excluding hydrogens is 382 g/mol. The smallest absolute Gasteiger partial charge is 0.246 e. The number of fused-ring (bicyclic) bond motifs is 1. The molecule has 1 amide bonds. The first kappa shape index (κ1) is 20.0. The Morgan fingerprint density at radius 2 is 1.70 bits per heavy atom. The molecule has 4 rings (SSSR count). The Kier molecular flexibility index (Phi) is 5.48. The third-order valence-corrected chi connectivity index (χ3v) is 5.82. The monoisotopic (exact) mass is 407 g/mol. The van der Waals surface area contributed by atoms with Crippen LogP contribution in [-0.4, -0.2) is 49.5 Å². The van der Waals surface area contributed by atoms with Crippen LogP contribution in [0, 0.1) is 0 Å². The number of hydrogen-bond acceptors (Lipinski definition) is 5. The number of piperidine rings is 1. The van der Waals surface area contributed by atoms with Crippen molar-refractivity contribution in [2.75, 3.05) is 27.3 Å². The second kappa shape index (κ2) is 8.22. The Morgan fingerprint density at radius 1 is 1.03 bits per heavy atom. The van der Waals surface area contributed by atoms with Crippen molar-refractivity contribution < 1.29 is 23.8 Å². The number of methoxy groups -OCH3 is 2. The number of Topliss-reactive ketones (excluding diaryl/α,β-unsaturated/α-hetero) is 1. The molecule has 2 heterocycles. The predicted molar refractivity (Wildman–Crippen MR) is 113 cm³/mol. The van der Waals surface area contributed by atoms with Crippen molar-refractivity contribution in [2.24, 2.45) is 0 Å². The van der Waals surface area contributed by atoms with Crippen LogP contribution in [0.15, 0.2) is 48.5 Å². The lowest BCUT2D eigenvalue weighted by atomic mass is 9.82. The van der Waals surface area contributed by atoms with Crippen molar-refractivity contribution in [2.45, 2.75) is 24.9 Å². The average Bonchev–Trinajstić information content (AvgIpc) is 2.78. The fourth-order valence-electron chi connectivity index (χ4n) is 4.00. The summed E-state index contributed by atoms with van der Waals surface area (Å²) in [5, 5.41) is 0. The Morgan fingerprint density at radius 3 is 2.37 bits per heavy atom. The van der Waals surface area contributed by atoms with Crippen LogP contribution < -0.4 is 14.2 Å². The van der Waals surface area contributed by atoms with Gasteiger partial charge in [0.25, 0.3) is 0 Å². The van der Waals surface area contributed by atoms with E-state index in [0.717, 1.165) is 11.3 Å². The van der Waals surface area contributed by atoms with Gasteiger partial charge in [-0.25, -0.2) is 0 Å². The minimum Gasteiger partial charge on any atom is -0.497 e. The Hall–Kier alpha value is -3.28. The van der Waals surface area contributed by atoms with Crippen molar-refractivity contribution in [3.8, 4) is 17.2 Å². The van der Waals surface area contributed by atoms with Gasteiger partial charge in [0.2, 0.25) is 5.91 Å². The quantitative estimate of drug-likeness (QED) is 0.723. The summed E-state index contributed by atoms with van der Waals surface area (Å²) in [5.74, 6) is 2.06. The van der Waals surface area contributed by atoms with E-state index in [1.807, 2.05) is 29.2 Å². The van der Waals surface area contributed by atoms with Crippen molar-refractivity contribution in [1.29, 1.82) is 0 Å². The van der Waals surface area contributed by atoms with E-state index in [0.29, 0.717) is 49.4 Å². The summed E-state index contributed by atoms with van der Waals surface area (Å²) in [7, 11) is 3.20. The fourth-order valence-corrected chi connectivity index (χ4v) is 4.00. The first-order chi connectivity index (χ1) is 14.5. The first-order valence-corrected chi connectivity index (χ1v) is 10.0. The molecule has 0 radical (unpaired) electrons. The molecule has 0 N–H and O–H groups in total. The van der Waals surface area contributed by atoms with E-state index in [9.17, 15) is 9.59 Å². The van der Waals surface area contributed by atoms with E-state index >= 15 is 0 Å². The van der Waals surface area contributed by atoms with Crippen LogP contribution in [0.25, 0.3) is 6.08 Å². The van der Waals surface area contributed by atoms with Crippen LogP contribution in [0.1, 0.15) is 35.2 Å². The molecule has 2 aromatic carbocycles. The molecule has 1 saturated heterocycles. The molecule has 0 unspecified atom stereocenters. The largest absolute Gasteiger partial charge is 0.497 e. The molecule has 2 aliphatic heterocycles. The highest BCUT2D eigenvalue weighted by Gasteiger charge is 2.43. The number of carbonyl (C=O) groups is 2. The minimum atomic E-state index is -0.533. The summed E-state index contributed by atoms with van der Waals surface area (Å²) in [6.07, 6.45) is 4.99. The summed E-state index contributed by atoms with van der Waals surface area (Å²) in [4.78, 5) is 27.1. The second-order valence-electron chi connectivity index (χ2n) is 7.68. The third-order valence-electron chi connectivity index (χ3n) is 5.82. The molecule has 0 aromatic heterocycles. The number of likely N-dealkylation sites (tertiary alicyclic amines) is 1. The molecule has 0 atom stereocenters. The zero-order valence-electron chi connectivity index (χ0n) is 17.2. The van der Waals surface area contributed by atoms with E-state index in [1.54, 1.807) is 44.6 Å². The van der Waals surface area contributed by atoms with Gasteiger partial charge in [0, 0.05) is 32.0 Å². The van der Waals surface area contributed by atoms with Gasteiger partial charge in [0.15, 0.2) is 5.78 Å². The van der Waals surface area contributed by atoms with Crippen LogP contribution in [-0.2, 0) is 4.79 Å². The standard InChI is InChI=1S/C24H25NO5/c1-28-18-6-3-17(4-7-18)5-10-23(27)25-13-11-24(12-14-25)16-21(26)20-15-19(29-2)8-9-22(20)30-24/h3-10,15H,11-14,16H2,1-2H3/b10-5+.